The summed E-state index contributed by atoms with van der Waals surface area (Å²) < 4.78 is 0. The summed E-state index contributed by atoms with van der Waals surface area (Å²) in [4.78, 5) is 31.4. The summed E-state index contributed by atoms with van der Waals surface area (Å²) in [7, 11) is 0. The van der Waals surface area contributed by atoms with Crippen molar-refractivity contribution in [2.24, 2.45) is 0 Å². The predicted molar refractivity (Wildman–Crippen MR) is 119 cm³/mol. The van der Waals surface area contributed by atoms with Crippen LogP contribution in [0.4, 0.5) is 10.6 Å². The largest absolute Gasteiger partial charge is 0.325 e. The van der Waals surface area contributed by atoms with Gasteiger partial charge in [-0.3, -0.25) is 15.7 Å². The van der Waals surface area contributed by atoms with Crippen molar-refractivity contribution in [2.75, 3.05) is 24.5 Å². The van der Waals surface area contributed by atoms with Gasteiger partial charge in [0.2, 0.25) is 0 Å². The molecule has 2 fully saturated rings. The van der Waals surface area contributed by atoms with Gasteiger partial charge in [-0.15, -0.1) is 0 Å². The Morgan fingerprint density at radius 3 is 2.65 bits per heavy atom. The summed E-state index contributed by atoms with van der Waals surface area (Å²) in [5.41, 5.74) is 1.47. The molecule has 0 radical (unpaired) electrons. The maximum atomic E-state index is 12.9. The van der Waals surface area contributed by atoms with Gasteiger partial charge in [-0.1, -0.05) is 6.07 Å². The second-order valence-corrected chi connectivity index (χ2v) is 8.25. The molecule has 4 rings (SSSR count). The van der Waals surface area contributed by atoms with Crippen molar-refractivity contribution in [3.8, 4) is 0 Å². The molecule has 9 nitrogen and oxygen atoms in total. The number of hydrogen-bond acceptors (Lipinski definition) is 6. The normalized spacial score (nSPS) is 16.2. The van der Waals surface area contributed by atoms with Gasteiger partial charge in [-0.05, 0) is 50.8 Å². The number of amides is 2. The molecule has 0 spiro atoms. The Hall–Kier alpha value is -3.36. The smallest absolute Gasteiger partial charge is 0.322 e. The second-order valence-electron chi connectivity index (χ2n) is 8.25. The standard InChI is InChI=1S/C22H28N8O/c1-15(2)30(14-23)20(24)18-4-3-5-19(27-18)29-11-10-28(22(29)31)9-8-16-12-25-21(26-13-16)17-6-7-17/h3-5,12-15,17,23-24H,6-11H2,1-2H3. The van der Waals surface area contributed by atoms with Gasteiger partial charge in [0.05, 0.1) is 6.34 Å². The second kappa shape index (κ2) is 8.79. The van der Waals surface area contributed by atoms with E-state index in [1.807, 2.05) is 31.1 Å². The lowest BCUT2D eigenvalue weighted by molar-refractivity contribution is 0.221. The molecule has 0 bridgehead atoms. The molecule has 162 valence electrons. The minimum absolute atomic E-state index is 0.0262. The maximum Gasteiger partial charge on any atom is 0.325 e. The summed E-state index contributed by atoms with van der Waals surface area (Å²) in [6.07, 6.45) is 7.96. The number of pyridine rings is 1. The molecule has 1 saturated carbocycles. The number of amidine groups is 1. The van der Waals surface area contributed by atoms with Gasteiger partial charge in [0, 0.05) is 44.0 Å². The first-order valence-corrected chi connectivity index (χ1v) is 10.7. The van der Waals surface area contributed by atoms with Crippen LogP contribution in [0.5, 0.6) is 0 Å². The molecular weight excluding hydrogens is 392 g/mol. The van der Waals surface area contributed by atoms with Gasteiger partial charge >= 0.3 is 6.03 Å². The van der Waals surface area contributed by atoms with Crippen LogP contribution in [0.2, 0.25) is 0 Å². The fourth-order valence-electron chi connectivity index (χ4n) is 3.62. The zero-order valence-corrected chi connectivity index (χ0v) is 18.0. The molecule has 3 heterocycles. The Labute approximate surface area is 182 Å². The van der Waals surface area contributed by atoms with Gasteiger partial charge in [0.25, 0.3) is 0 Å². The van der Waals surface area contributed by atoms with Crippen LogP contribution in [0.25, 0.3) is 0 Å². The van der Waals surface area contributed by atoms with E-state index in [4.69, 9.17) is 10.8 Å². The van der Waals surface area contributed by atoms with E-state index in [-0.39, 0.29) is 17.9 Å². The Balaban J connectivity index is 1.39. The SMILES string of the molecule is CC(C)N(C=N)C(=N)c1cccc(N2CCN(CCc3cnc(C4CC4)nc3)C2=O)n1. The quantitative estimate of drug-likeness (QED) is 0.504. The van der Waals surface area contributed by atoms with E-state index in [1.54, 1.807) is 23.1 Å². The van der Waals surface area contributed by atoms with Gasteiger partial charge < -0.3 is 9.80 Å². The Kier molecular flexibility index (Phi) is 5.92. The first-order chi connectivity index (χ1) is 15.0. The summed E-state index contributed by atoms with van der Waals surface area (Å²) in [6.45, 7) is 5.61. The lowest BCUT2D eigenvalue weighted by Gasteiger charge is -2.24. The van der Waals surface area contributed by atoms with Crippen molar-refractivity contribution >= 4 is 24.0 Å². The van der Waals surface area contributed by atoms with Crippen LogP contribution in [0, 0.1) is 10.8 Å². The van der Waals surface area contributed by atoms with E-state index in [0.717, 1.165) is 17.7 Å². The van der Waals surface area contributed by atoms with Crippen molar-refractivity contribution in [2.45, 2.75) is 45.1 Å². The monoisotopic (exact) mass is 420 g/mol. The van der Waals surface area contributed by atoms with Crippen molar-refractivity contribution in [1.29, 1.82) is 10.8 Å². The van der Waals surface area contributed by atoms with Crippen LogP contribution in [0.15, 0.2) is 30.6 Å². The average Bonchev–Trinajstić information content (AvgIpc) is 3.56. The lowest BCUT2D eigenvalue weighted by Crippen LogP contribution is -2.37. The lowest BCUT2D eigenvalue weighted by atomic mass is 10.2. The maximum absolute atomic E-state index is 12.9. The first kappa shape index (κ1) is 20.9. The highest BCUT2D eigenvalue weighted by Gasteiger charge is 2.31. The fourth-order valence-corrected chi connectivity index (χ4v) is 3.62. The molecule has 0 aromatic carbocycles. The molecule has 2 aromatic rings. The third-order valence-corrected chi connectivity index (χ3v) is 5.64. The highest BCUT2D eigenvalue weighted by molar-refractivity contribution is 6.01. The summed E-state index contributed by atoms with van der Waals surface area (Å²) >= 11 is 0. The predicted octanol–water partition coefficient (Wildman–Crippen LogP) is 2.88. The molecule has 1 saturated heterocycles. The number of urea groups is 1. The Bertz CT molecular complexity index is 970. The van der Waals surface area contributed by atoms with Gasteiger partial charge in [0.15, 0.2) is 5.84 Å². The highest BCUT2D eigenvalue weighted by Crippen LogP contribution is 2.37. The number of nitrogens with zero attached hydrogens (tertiary/aromatic N) is 6. The minimum atomic E-state index is -0.0838. The molecule has 1 aliphatic carbocycles. The van der Waals surface area contributed by atoms with Crippen molar-refractivity contribution in [1.82, 2.24) is 24.8 Å². The van der Waals surface area contributed by atoms with E-state index in [1.165, 1.54) is 17.7 Å². The summed E-state index contributed by atoms with van der Waals surface area (Å²) in [5.74, 6) is 2.15. The number of nitrogens with one attached hydrogen (secondary N) is 2. The molecule has 0 unspecified atom stereocenters. The zero-order chi connectivity index (χ0) is 22.0. The number of carbonyl (C=O) groups is 1. The first-order valence-electron chi connectivity index (χ1n) is 10.7. The Morgan fingerprint density at radius 2 is 2.00 bits per heavy atom. The van der Waals surface area contributed by atoms with E-state index < -0.39 is 0 Å². The van der Waals surface area contributed by atoms with Crippen molar-refractivity contribution < 1.29 is 4.79 Å². The minimum Gasteiger partial charge on any atom is -0.322 e. The molecule has 9 heteroatoms. The molecule has 1 aliphatic heterocycles. The number of rotatable bonds is 8. The molecule has 0 atom stereocenters. The van der Waals surface area contributed by atoms with Crippen LogP contribution in [0.3, 0.4) is 0 Å². The average molecular weight is 421 g/mol. The third kappa shape index (κ3) is 4.55. The molecule has 2 N–H and O–H groups in total. The van der Waals surface area contributed by atoms with Crippen LogP contribution >= 0.6 is 0 Å². The highest BCUT2D eigenvalue weighted by atomic mass is 16.2. The number of anilines is 1. The number of aromatic nitrogens is 3. The molecule has 2 aliphatic rings. The molecule has 2 amide bonds. The van der Waals surface area contributed by atoms with E-state index >= 15 is 0 Å². The number of carbonyl (C=O) groups excluding carboxylic acids is 1. The van der Waals surface area contributed by atoms with E-state index in [9.17, 15) is 4.79 Å². The zero-order valence-electron chi connectivity index (χ0n) is 18.0. The van der Waals surface area contributed by atoms with E-state index in [2.05, 4.69) is 15.0 Å². The van der Waals surface area contributed by atoms with Crippen LogP contribution < -0.4 is 4.90 Å². The van der Waals surface area contributed by atoms with Crippen LogP contribution in [-0.4, -0.2) is 68.6 Å². The number of hydrogen-bond donors (Lipinski definition) is 2. The van der Waals surface area contributed by atoms with Crippen molar-refractivity contribution in [3.05, 3.63) is 47.7 Å². The van der Waals surface area contributed by atoms with Crippen LogP contribution in [0.1, 0.15) is 49.7 Å². The third-order valence-electron chi connectivity index (χ3n) is 5.64. The molecule has 31 heavy (non-hydrogen) atoms. The molecule has 2 aromatic heterocycles. The summed E-state index contributed by atoms with van der Waals surface area (Å²) in [5, 5.41) is 15.9. The summed E-state index contributed by atoms with van der Waals surface area (Å²) in [6, 6.07) is 5.20. The van der Waals surface area contributed by atoms with Gasteiger partial charge in [-0.2, -0.15) is 0 Å². The van der Waals surface area contributed by atoms with Crippen LogP contribution in [-0.2, 0) is 6.42 Å². The van der Waals surface area contributed by atoms with E-state index in [0.29, 0.717) is 43.5 Å². The van der Waals surface area contributed by atoms with Crippen molar-refractivity contribution in [3.63, 3.8) is 0 Å². The molecular formula is C22H28N8O. The fraction of sp³-hybridized carbons (Fsp3) is 0.455. The van der Waals surface area contributed by atoms with Gasteiger partial charge in [-0.25, -0.2) is 19.7 Å². The topological polar surface area (TPSA) is 113 Å². The Morgan fingerprint density at radius 1 is 1.26 bits per heavy atom. The van der Waals surface area contributed by atoms with Gasteiger partial charge in [0.1, 0.15) is 17.3 Å².